The molecule has 0 aliphatic heterocycles. The lowest BCUT2D eigenvalue weighted by Gasteiger charge is -2.15. The van der Waals surface area contributed by atoms with Crippen LogP contribution in [0.15, 0.2) is 42.5 Å². The number of methoxy groups -OCH3 is 2. The highest BCUT2D eigenvalue weighted by atomic mass is 19.3. The number of rotatable bonds is 7. The van der Waals surface area contributed by atoms with Gasteiger partial charge in [0, 0.05) is 17.5 Å². The number of aromatic carboxylic acids is 1. The van der Waals surface area contributed by atoms with E-state index in [1.54, 1.807) is 19.1 Å². The smallest absolute Gasteiger partial charge is 0.335 e. The fourth-order valence-electron chi connectivity index (χ4n) is 2.73. The number of alkyl halides is 2. The zero-order chi connectivity index (χ0) is 19.3. The van der Waals surface area contributed by atoms with Crippen molar-refractivity contribution in [3.63, 3.8) is 0 Å². The summed E-state index contributed by atoms with van der Waals surface area (Å²) in [6, 6.07) is 9.05. The molecule has 2 aromatic rings. The van der Waals surface area contributed by atoms with Gasteiger partial charge in [-0.3, -0.25) is 0 Å². The molecule has 1 N–H and O–H groups in total. The Kier molecular flexibility index (Phi) is 5.97. The zero-order valence-electron chi connectivity index (χ0n) is 14.8. The Morgan fingerprint density at radius 2 is 1.85 bits per heavy atom. The number of hydrogen-bond acceptors (Lipinski definition) is 3. The lowest BCUT2D eigenvalue weighted by atomic mass is 10.00. The van der Waals surface area contributed by atoms with Crippen molar-refractivity contribution in [2.45, 2.75) is 19.3 Å². The van der Waals surface area contributed by atoms with E-state index in [1.165, 1.54) is 44.6 Å². The largest absolute Gasteiger partial charge is 0.496 e. The molecule has 2 aromatic carbocycles. The second kappa shape index (κ2) is 7.99. The van der Waals surface area contributed by atoms with Gasteiger partial charge in [0.1, 0.15) is 11.5 Å². The Morgan fingerprint density at radius 1 is 1.15 bits per heavy atom. The van der Waals surface area contributed by atoms with Crippen LogP contribution in [0.25, 0.3) is 6.08 Å². The molecule has 0 spiro atoms. The fourth-order valence-corrected chi connectivity index (χ4v) is 2.73. The molecular formula is C20H20F2O4. The first-order valence-electron chi connectivity index (χ1n) is 7.89. The van der Waals surface area contributed by atoms with E-state index >= 15 is 0 Å². The molecule has 6 heteroatoms. The maximum Gasteiger partial charge on any atom is 0.335 e. The van der Waals surface area contributed by atoms with Crippen molar-refractivity contribution in [2.24, 2.45) is 0 Å². The van der Waals surface area contributed by atoms with E-state index < -0.39 is 18.3 Å². The minimum atomic E-state index is -3.22. The van der Waals surface area contributed by atoms with Gasteiger partial charge in [0.15, 0.2) is 0 Å². The first-order valence-corrected chi connectivity index (χ1v) is 7.89. The summed E-state index contributed by atoms with van der Waals surface area (Å²) in [7, 11) is 2.98. The highest BCUT2D eigenvalue weighted by molar-refractivity contribution is 5.89. The van der Waals surface area contributed by atoms with Crippen LogP contribution >= 0.6 is 0 Å². The van der Waals surface area contributed by atoms with E-state index in [2.05, 4.69) is 0 Å². The molecule has 4 nitrogen and oxygen atoms in total. The van der Waals surface area contributed by atoms with Crippen LogP contribution < -0.4 is 9.47 Å². The van der Waals surface area contributed by atoms with Gasteiger partial charge in [0.25, 0.3) is 5.92 Å². The minimum absolute atomic E-state index is 0.0764. The highest BCUT2D eigenvalue weighted by Crippen LogP contribution is 2.33. The quantitative estimate of drug-likeness (QED) is 0.782. The van der Waals surface area contributed by atoms with E-state index in [9.17, 15) is 13.6 Å². The molecule has 0 unspecified atom stereocenters. The molecule has 0 fully saturated rings. The van der Waals surface area contributed by atoms with Gasteiger partial charge in [-0.1, -0.05) is 18.2 Å². The Labute approximate surface area is 150 Å². The van der Waals surface area contributed by atoms with E-state index in [4.69, 9.17) is 14.6 Å². The van der Waals surface area contributed by atoms with Crippen LogP contribution in [0.4, 0.5) is 8.78 Å². The number of allylic oxidation sites excluding steroid dienone is 1. The molecule has 0 saturated heterocycles. The lowest BCUT2D eigenvalue weighted by molar-refractivity contribution is 0.0557. The zero-order valence-corrected chi connectivity index (χ0v) is 14.8. The summed E-state index contributed by atoms with van der Waals surface area (Å²) in [5.74, 6) is -3.40. The van der Waals surface area contributed by atoms with Gasteiger partial charge in [-0.25, -0.2) is 13.6 Å². The summed E-state index contributed by atoms with van der Waals surface area (Å²) in [6.07, 6.45) is 1.33. The maximum absolute atomic E-state index is 14.4. The number of ether oxygens (including phenoxy) is 2. The SMILES string of the molecule is COc1ccc(/C=C/C(F)(F)Cc2ccccc2C(=O)O)c(OC)c1C. The molecule has 0 aromatic heterocycles. The third-order valence-electron chi connectivity index (χ3n) is 3.99. The second-order valence-corrected chi connectivity index (χ2v) is 5.75. The van der Waals surface area contributed by atoms with Gasteiger partial charge in [0.2, 0.25) is 0 Å². The number of hydrogen-bond donors (Lipinski definition) is 1. The van der Waals surface area contributed by atoms with Crippen molar-refractivity contribution in [2.75, 3.05) is 14.2 Å². The summed E-state index contributed by atoms with van der Waals surface area (Å²) in [4.78, 5) is 11.2. The van der Waals surface area contributed by atoms with Crippen molar-refractivity contribution in [1.29, 1.82) is 0 Å². The number of carbonyl (C=O) groups is 1. The molecule has 138 valence electrons. The molecule has 0 bridgehead atoms. The van der Waals surface area contributed by atoms with Crippen LogP contribution in [0, 0.1) is 6.92 Å². The fraction of sp³-hybridized carbons (Fsp3) is 0.250. The number of halogens is 2. The average Bonchev–Trinajstić information content (AvgIpc) is 2.60. The molecule has 0 saturated carbocycles. The van der Waals surface area contributed by atoms with Gasteiger partial charge >= 0.3 is 5.97 Å². The summed E-state index contributed by atoms with van der Waals surface area (Å²) in [5, 5.41) is 9.13. The lowest BCUT2D eigenvalue weighted by Crippen LogP contribution is -2.18. The maximum atomic E-state index is 14.4. The van der Waals surface area contributed by atoms with Gasteiger partial charge in [-0.05, 0) is 42.8 Å². The van der Waals surface area contributed by atoms with Crippen LogP contribution in [0.1, 0.15) is 27.0 Å². The molecule has 2 rings (SSSR count). The van der Waals surface area contributed by atoms with Crippen LogP contribution in [0.2, 0.25) is 0 Å². The highest BCUT2D eigenvalue weighted by Gasteiger charge is 2.28. The van der Waals surface area contributed by atoms with Crippen LogP contribution in [0.5, 0.6) is 11.5 Å². The topological polar surface area (TPSA) is 55.8 Å². The second-order valence-electron chi connectivity index (χ2n) is 5.75. The van der Waals surface area contributed by atoms with Crippen LogP contribution in [-0.2, 0) is 6.42 Å². The van der Waals surface area contributed by atoms with Gasteiger partial charge in [-0.2, -0.15) is 0 Å². The van der Waals surface area contributed by atoms with E-state index in [-0.39, 0.29) is 11.1 Å². The summed E-state index contributed by atoms with van der Waals surface area (Å²) in [6.45, 7) is 1.77. The molecule has 0 amide bonds. The first-order chi connectivity index (χ1) is 12.3. The molecule has 0 aliphatic carbocycles. The molecule has 26 heavy (non-hydrogen) atoms. The van der Waals surface area contributed by atoms with Crippen molar-refractivity contribution in [3.05, 3.63) is 64.7 Å². The Hall–Kier alpha value is -2.89. The predicted molar refractivity (Wildman–Crippen MR) is 95.4 cm³/mol. The summed E-state index contributed by atoms with van der Waals surface area (Å²) in [5.41, 5.74) is 1.14. The van der Waals surface area contributed by atoms with Crippen LogP contribution in [-0.4, -0.2) is 31.2 Å². The van der Waals surface area contributed by atoms with Crippen molar-refractivity contribution in [3.8, 4) is 11.5 Å². The molecular weight excluding hydrogens is 342 g/mol. The summed E-state index contributed by atoms with van der Waals surface area (Å²) >= 11 is 0. The van der Waals surface area contributed by atoms with Gasteiger partial charge < -0.3 is 14.6 Å². The number of benzene rings is 2. The first kappa shape index (κ1) is 19.4. The Balaban J connectivity index is 2.30. The number of carboxylic acids is 1. The van der Waals surface area contributed by atoms with Crippen LogP contribution in [0.3, 0.4) is 0 Å². The monoisotopic (exact) mass is 362 g/mol. The third kappa shape index (κ3) is 4.39. The third-order valence-corrected chi connectivity index (χ3v) is 3.99. The normalized spacial score (nSPS) is 11.6. The van der Waals surface area contributed by atoms with Crippen molar-refractivity contribution >= 4 is 12.0 Å². The van der Waals surface area contributed by atoms with Gasteiger partial charge in [-0.15, -0.1) is 0 Å². The molecule has 0 aliphatic rings. The van der Waals surface area contributed by atoms with E-state index in [0.717, 1.165) is 6.08 Å². The molecule has 0 heterocycles. The van der Waals surface area contributed by atoms with Crippen molar-refractivity contribution in [1.82, 2.24) is 0 Å². The number of carboxylic acid groups (broad SMARTS) is 1. The standard InChI is InChI=1S/C20H20F2O4/c1-13-17(25-2)9-8-14(18(13)26-3)10-11-20(21,22)12-15-6-4-5-7-16(15)19(23)24/h4-11H,12H2,1-3H3,(H,23,24)/b11-10+. The Bertz CT molecular complexity index is 829. The predicted octanol–water partition coefficient (Wildman–Crippen LogP) is 4.60. The van der Waals surface area contributed by atoms with E-state index in [1.807, 2.05) is 0 Å². The average molecular weight is 362 g/mol. The van der Waals surface area contributed by atoms with Gasteiger partial charge in [0.05, 0.1) is 19.8 Å². The van der Waals surface area contributed by atoms with Crippen molar-refractivity contribution < 1.29 is 28.2 Å². The molecule has 0 radical (unpaired) electrons. The minimum Gasteiger partial charge on any atom is -0.496 e. The molecule has 0 atom stereocenters. The van der Waals surface area contributed by atoms with E-state index in [0.29, 0.717) is 22.6 Å². The summed E-state index contributed by atoms with van der Waals surface area (Å²) < 4.78 is 39.2. The Morgan fingerprint density at radius 3 is 2.46 bits per heavy atom.